The van der Waals surface area contributed by atoms with E-state index in [-0.39, 0.29) is 28.4 Å². The van der Waals surface area contributed by atoms with E-state index in [9.17, 15) is 0 Å². The van der Waals surface area contributed by atoms with Crippen LogP contribution in [0.5, 0.6) is 0 Å². The van der Waals surface area contributed by atoms with Crippen molar-refractivity contribution in [1.29, 1.82) is 0 Å². The number of benzene rings is 9. The third-order valence-electron chi connectivity index (χ3n) is 17.6. The molecule has 4 heterocycles. The summed E-state index contributed by atoms with van der Waals surface area (Å²) in [5.41, 5.74) is 26.5. The smallest absolute Gasteiger partial charge is 0.253 e. The third-order valence-corrected chi connectivity index (χ3v) is 17.6. The first-order chi connectivity index (χ1) is 35.8. The first-order valence-corrected chi connectivity index (χ1v) is 27.1. The van der Waals surface area contributed by atoms with Crippen molar-refractivity contribution < 1.29 is 0 Å². The molecule has 0 unspecified atom stereocenters. The first kappa shape index (κ1) is 45.8. The van der Waals surface area contributed by atoms with Crippen LogP contribution in [0.4, 0.5) is 34.1 Å². The fourth-order valence-corrected chi connectivity index (χ4v) is 13.6. The molecule has 0 amide bonds. The fourth-order valence-electron chi connectivity index (χ4n) is 13.6. The Labute approximate surface area is 443 Å². The van der Waals surface area contributed by atoms with Gasteiger partial charge >= 0.3 is 0 Å². The molecule has 5 heteroatoms. The molecule has 368 valence electrons. The molecule has 3 aliphatic rings. The van der Waals surface area contributed by atoms with Crippen molar-refractivity contribution in [2.24, 2.45) is 7.05 Å². The number of aromatic nitrogens is 2. The highest BCUT2D eigenvalue weighted by atomic mass is 15.2. The zero-order chi connectivity index (χ0) is 51.8. The van der Waals surface area contributed by atoms with Gasteiger partial charge in [-0.05, 0) is 144 Å². The minimum Gasteiger partial charge on any atom is -0.342 e. The summed E-state index contributed by atoms with van der Waals surface area (Å²) in [6.45, 7) is 25.6. The summed E-state index contributed by atoms with van der Waals surface area (Å²) < 4.78 is 5.11. The van der Waals surface area contributed by atoms with Crippen LogP contribution >= 0.6 is 0 Å². The van der Waals surface area contributed by atoms with Crippen molar-refractivity contribution in [3.05, 3.63) is 204 Å². The molecular weight excluding hydrogens is 908 g/mol. The predicted molar refractivity (Wildman–Crippen MR) is 322 cm³/mol. The van der Waals surface area contributed by atoms with E-state index in [1.807, 2.05) is 0 Å². The normalized spacial score (nSPS) is 14.7. The van der Waals surface area contributed by atoms with E-state index in [0.29, 0.717) is 0 Å². The van der Waals surface area contributed by atoms with Crippen molar-refractivity contribution >= 4 is 101 Å². The molecule has 2 aliphatic heterocycles. The predicted octanol–water partition coefficient (Wildman–Crippen LogP) is 16.7. The molecule has 75 heavy (non-hydrogen) atoms. The number of hydrogen-bond acceptors (Lipinski definition) is 2. The topological polar surface area (TPSA) is 16.3 Å². The van der Waals surface area contributed by atoms with E-state index >= 15 is 0 Å². The van der Waals surface area contributed by atoms with Gasteiger partial charge in [0.2, 0.25) is 0 Å². The molecule has 0 atom stereocenters. The average molecular weight is 973 g/mol. The Hall–Kier alpha value is -7.76. The largest absolute Gasteiger partial charge is 0.342 e. The van der Waals surface area contributed by atoms with Gasteiger partial charge in [-0.2, -0.15) is 0 Å². The number of rotatable bonds is 3. The van der Waals surface area contributed by atoms with Crippen molar-refractivity contribution in [3.8, 4) is 16.8 Å². The van der Waals surface area contributed by atoms with Crippen molar-refractivity contribution in [2.45, 2.75) is 97.8 Å². The lowest BCUT2D eigenvalue weighted by atomic mass is 9.32. The highest BCUT2D eigenvalue weighted by Gasteiger charge is 2.46. The molecular formula is C70H65BN4. The number of anilines is 6. The lowest BCUT2D eigenvalue weighted by molar-refractivity contribution is 0.590. The average Bonchev–Trinajstić information content (AvgIpc) is 4.09. The molecule has 0 bridgehead atoms. The van der Waals surface area contributed by atoms with Crippen LogP contribution in [-0.2, 0) is 28.7 Å². The molecule has 0 radical (unpaired) electrons. The minimum atomic E-state index is -0.123. The third kappa shape index (κ3) is 6.43. The zero-order valence-corrected chi connectivity index (χ0v) is 45.6. The monoisotopic (exact) mass is 973 g/mol. The molecule has 1 aliphatic carbocycles. The van der Waals surface area contributed by atoms with Crippen molar-refractivity contribution in [1.82, 2.24) is 9.13 Å². The van der Waals surface area contributed by atoms with E-state index in [4.69, 9.17) is 0 Å². The summed E-state index contributed by atoms with van der Waals surface area (Å²) in [7, 11) is 2.30. The van der Waals surface area contributed by atoms with E-state index in [1.165, 1.54) is 133 Å². The van der Waals surface area contributed by atoms with Gasteiger partial charge in [-0.1, -0.05) is 179 Å². The Morgan fingerprint density at radius 1 is 0.400 bits per heavy atom. The number of hydrogen-bond donors (Lipinski definition) is 0. The Kier molecular flexibility index (Phi) is 9.42. The zero-order valence-electron chi connectivity index (χ0n) is 45.6. The Balaban J connectivity index is 1.15. The van der Waals surface area contributed by atoms with E-state index < -0.39 is 0 Å². The lowest BCUT2D eigenvalue weighted by Gasteiger charge is -2.45. The number of para-hydroxylation sites is 2. The summed E-state index contributed by atoms with van der Waals surface area (Å²) in [4.78, 5) is 5.17. The SMILES string of the molecule is Cn1c2ccccc2c2c3c(cc(-n4c5ccccc5c5cc6c(cc54)-c4ccccc4C6(C)C)c21)N(c1ccc(C(C)(C)C)cc1)c1cccc2c1B3c1cc(C(C)(C)C)ccc1N2c1ccc(C(C)(C)C)cc1. The molecule has 9 aromatic carbocycles. The molecule has 2 aromatic heterocycles. The second-order valence-corrected chi connectivity index (χ2v) is 25.5. The highest BCUT2D eigenvalue weighted by Crippen LogP contribution is 2.53. The molecule has 11 aromatic rings. The number of aryl methyl sites for hydroxylation is 1. The second kappa shape index (κ2) is 15.4. The molecule has 0 saturated carbocycles. The Morgan fingerprint density at radius 3 is 1.60 bits per heavy atom. The number of fused-ring (bicyclic) bond motifs is 14. The highest BCUT2D eigenvalue weighted by molar-refractivity contribution is 7.02. The Morgan fingerprint density at radius 2 is 0.960 bits per heavy atom. The van der Waals surface area contributed by atoms with Crippen LogP contribution in [0.25, 0.3) is 60.4 Å². The van der Waals surface area contributed by atoms with Crippen molar-refractivity contribution in [3.63, 3.8) is 0 Å². The van der Waals surface area contributed by atoms with Crippen LogP contribution in [0.1, 0.15) is 104 Å². The first-order valence-electron chi connectivity index (χ1n) is 27.1. The summed E-state index contributed by atoms with van der Waals surface area (Å²) in [6, 6.07) is 68.2. The summed E-state index contributed by atoms with van der Waals surface area (Å²) in [5.74, 6) is 0. The van der Waals surface area contributed by atoms with E-state index in [2.05, 4.69) is 278 Å². The van der Waals surface area contributed by atoms with Gasteiger partial charge in [-0.25, -0.2) is 0 Å². The second-order valence-electron chi connectivity index (χ2n) is 25.5. The molecule has 0 fully saturated rings. The van der Waals surface area contributed by atoms with Gasteiger partial charge < -0.3 is 18.9 Å². The van der Waals surface area contributed by atoms with Crippen LogP contribution in [0.15, 0.2) is 176 Å². The van der Waals surface area contributed by atoms with E-state index in [1.54, 1.807) is 0 Å². The van der Waals surface area contributed by atoms with Crippen molar-refractivity contribution in [2.75, 3.05) is 9.80 Å². The summed E-state index contributed by atoms with van der Waals surface area (Å²) in [6.07, 6.45) is 0. The molecule has 4 nitrogen and oxygen atoms in total. The summed E-state index contributed by atoms with van der Waals surface area (Å²) >= 11 is 0. The van der Waals surface area contributed by atoms with Gasteiger partial charge in [0.1, 0.15) is 0 Å². The fraction of sp³-hybridized carbons (Fsp3) is 0.229. The quantitative estimate of drug-likeness (QED) is 0.164. The maximum absolute atomic E-state index is 2.62. The van der Waals surface area contributed by atoms with Gasteiger partial charge in [0, 0.05) is 73.6 Å². The maximum atomic E-state index is 2.62. The van der Waals surface area contributed by atoms with Crippen LogP contribution < -0.4 is 26.2 Å². The summed E-state index contributed by atoms with van der Waals surface area (Å²) in [5, 5.41) is 5.12. The number of nitrogens with zero attached hydrogens (tertiary/aromatic N) is 4. The molecule has 0 N–H and O–H groups in total. The van der Waals surface area contributed by atoms with Gasteiger partial charge in [0.05, 0.1) is 22.2 Å². The van der Waals surface area contributed by atoms with Crippen LogP contribution in [0.2, 0.25) is 0 Å². The minimum absolute atomic E-state index is 0.00157. The van der Waals surface area contributed by atoms with Gasteiger partial charge in [-0.3, -0.25) is 0 Å². The molecule has 14 rings (SSSR count). The maximum Gasteiger partial charge on any atom is 0.253 e. The van der Waals surface area contributed by atoms with E-state index in [0.717, 1.165) is 5.69 Å². The van der Waals surface area contributed by atoms with Gasteiger partial charge in [0.25, 0.3) is 6.71 Å². The molecule has 0 saturated heterocycles. The van der Waals surface area contributed by atoms with Crippen LogP contribution in [0, 0.1) is 0 Å². The van der Waals surface area contributed by atoms with Crippen LogP contribution in [0.3, 0.4) is 0 Å². The Bertz CT molecular complexity index is 4220. The lowest BCUT2D eigenvalue weighted by Crippen LogP contribution is -2.61. The van der Waals surface area contributed by atoms with Gasteiger partial charge in [0.15, 0.2) is 0 Å². The standard InChI is InChI=1S/C70H65BN4/c1-67(2,3)42-28-33-45(34-29-42)73-57-37-32-44(69(7,8)9)38-54(57)71-64-58(73)26-19-27-59(64)74(46-35-30-43(31-36-46)68(4,5)6)61-41-62(66-63(65(61)71)49-22-15-17-24-55(49)72(66)12)75-56-25-18-14-21-48(56)51-39-53-50(40-60(51)75)47-20-13-16-23-52(47)70(53,10)11/h13-41H,1-12H3. The molecule has 0 spiro atoms. The van der Waals surface area contributed by atoms with Crippen LogP contribution in [-0.4, -0.2) is 15.8 Å². The van der Waals surface area contributed by atoms with Gasteiger partial charge in [-0.15, -0.1) is 0 Å².